The van der Waals surface area contributed by atoms with Gasteiger partial charge in [0.2, 0.25) is 11.8 Å². The van der Waals surface area contributed by atoms with E-state index in [4.69, 9.17) is 11.6 Å². The number of fused-ring (bicyclic) bond motifs is 1. The van der Waals surface area contributed by atoms with Crippen LogP contribution in [0.3, 0.4) is 0 Å². The van der Waals surface area contributed by atoms with Crippen LogP contribution in [0.25, 0.3) is 0 Å². The molecule has 0 unspecified atom stereocenters. The highest BCUT2D eigenvalue weighted by atomic mass is 35.5. The predicted molar refractivity (Wildman–Crippen MR) is 116 cm³/mol. The lowest BCUT2D eigenvalue weighted by atomic mass is 9.89. The lowest BCUT2D eigenvalue weighted by Gasteiger charge is -2.25. The molecule has 0 bridgehead atoms. The van der Waals surface area contributed by atoms with Gasteiger partial charge in [0, 0.05) is 42.5 Å². The summed E-state index contributed by atoms with van der Waals surface area (Å²) in [5.41, 5.74) is 2.86. The highest BCUT2D eigenvalue weighted by molar-refractivity contribution is 6.30. The zero-order valence-electron chi connectivity index (χ0n) is 16.6. The number of aryl methyl sites for hydroxylation is 1. The number of benzene rings is 2. The minimum Gasteiger partial charge on any atom is -0.342 e. The first-order valence-corrected chi connectivity index (χ1v) is 10.3. The Balaban J connectivity index is 1.44. The van der Waals surface area contributed by atoms with Crippen LogP contribution in [-0.4, -0.2) is 21.4 Å². The molecule has 1 aliphatic heterocycles. The average Bonchev–Trinajstić information content (AvgIpc) is 3.17. The predicted octanol–water partition coefficient (Wildman–Crippen LogP) is 3.87. The first-order chi connectivity index (χ1) is 14.5. The van der Waals surface area contributed by atoms with Gasteiger partial charge in [0.25, 0.3) is 0 Å². The number of carbonyl (C=O) groups is 2. The molecular formula is C23H23ClN4O2. The molecule has 0 aliphatic carbocycles. The molecule has 2 atom stereocenters. The third-order valence-corrected chi connectivity index (χ3v) is 5.71. The van der Waals surface area contributed by atoms with Gasteiger partial charge in [-0.15, -0.1) is 0 Å². The molecular weight excluding hydrogens is 400 g/mol. The van der Waals surface area contributed by atoms with Crippen molar-refractivity contribution in [2.45, 2.75) is 25.3 Å². The second-order valence-corrected chi connectivity index (χ2v) is 7.97. The monoisotopic (exact) mass is 422 g/mol. The normalized spacial score (nSPS) is 16.5. The molecule has 6 nitrogen and oxygen atoms in total. The van der Waals surface area contributed by atoms with Crippen molar-refractivity contribution in [3.05, 3.63) is 82.9 Å². The van der Waals surface area contributed by atoms with E-state index in [0.29, 0.717) is 17.9 Å². The highest BCUT2D eigenvalue weighted by Crippen LogP contribution is 2.28. The van der Waals surface area contributed by atoms with Gasteiger partial charge in [-0.1, -0.05) is 41.9 Å². The quantitative estimate of drug-likeness (QED) is 0.633. The molecule has 2 N–H and O–H groups in total. The van der Waals surface area contributed by atoms with Crippen LogP contribution in [0.2, 0.25) is 5.02 Å². The van der Waals surface area contributed by atoms with E-state index in [1.807, 2.05) is 54.2 Å². The fraction of sp³-hybridized carbons (Fsp3) is 0.261. The number of hydrogen-bond donors (Lipinski definition) is 2. The fourth-order valence-corrected chi connectivity index (χ4v) is 3.92. The molecule has 3 aromatic rings. The number of rotatable bonds is 6. The summed E-state index contributed by atoms with van der Waals surface area (Å²) in [6, 6.07) is 14.7. The van der Waals surface area contributed by atoms with Crippen LogP contribution in [-0.2, 0) is 23.1 Å². The number of carbonyl (C=O) groups excluding carboxylic acids is 2. The third-order valence-electron chi connectivity index (χ3n) is 5.46. The Morgan fingerprint density at radius 3 is 2.77 bits per heavy atom. The van der Waals surface area contributed by atoms with Gasteiger partial charge in [-0.05, 0) is 42.2 Å². The van der Waals surface area contributed by atoms with Crippen molar-refractivity contribution in [1.82, 2.24) is 14.9 Å². The lowest BCUT2D eigenvalue weighted by molar-refractivity contribution is -0.123. The Morgan fingerprint density at radius 1 is 1.27 bits per heavy atom. The SMILES string of the molecule is Cn1ccnc1[C@@H](NC(=O)CC[C@H]1Cc2ccccc2NC1=O)c1ccc(Cl)cc1. The van der Waals surface area contributed by atoms with Crippen molar-refractivity contribution in [3.63, 3.8) is 0 Å². The van der Waals surface area contributed by atoms with Crippen molar-refractivity contribution in [3.8, 4) is 0 Å². The summed E-state index contributed by atoms with van der Waals surface area (Å²) in [5.74, 6) is 0.368. The zero-order valence-corrected chi connectivity index (χ0v) is 17.4. The van der Waals surface area contributed by atoms with Gasteiger partial charge in [0.15, 0.2) is 0 Å². The van der Waals surface area contributed by atoms with E-state index in [0.717, 1.165) is 22.6 Å². The molecule has 0 radical (unpaired) electrons. The van der Waals surface area contributed by atoms with Crippen LogP contribution in [0.15, 0.2) is 60.9 Å². The number of para-hydroxylation sites is 1. The van der Waals surface area contributed by atoms with Gasteiger partial charge in [0.05, 0.1) is 0 Å². The van der Waals surface area contributed by atoms with Crippen LogP contribution in [0.4, 0.5) is 5.69 Å². The van der Waals surface area contributed by atoms with Crippen LogP contribution >= 0.6 is 11.6 Å². The first-order valence-electron chi connectivity index (χ1n) is 9.92. The molecule has 1 aliphatic rings. The molecule has 2 amide bonds. The fourth-order valence-electron chi connectivity index (χ4n) is 3.79. The van der Waals surface area contributed by atoms with Crippen molar-refractivity contribution in [2.75, 3.05) is 5.32 Å². The number of imidazole rings is 1. The van der Waals surface area contributed by atoms with Crippen molar-refractivity contribution in [1.29, 1.82) is 0 Å². The van der Waals surface area contributed by atoms with Crippen LogP contribution < -0.4 is 10.6 Å². The van der Waals surface area contributed by atoms with E-state index >= 15 is 0 Å². The molecule has 7 heteroatoms. The van der Waals surface area contributed by atoms with E-state index in [1.165, 1.54) is 0 Å². The van der Waals surface area contributed by atoms with Crippen LogP contribution in [0.5, 0.6) is 0 Å². The number of amides is 2. The standard InChI is InChI=1S/C23H23ClN4O2/c1-28-13-12-25-22(28)21(15-6-9-18(24)10-7-15)27-20(29)11-8-17-14-16-4-2-3-5-19(16)26-23(17)30/h2-7,9-10,12-13,17,21H,8,11,14H2,1H3,(H,26,30)(H,27,29)/t17-,21-/m0/s1. The molecule has 1 aromatic heterocycles. The molecule has 0 saturated carbocycles. The molecule has 0 saturated heterocycles. The number of nitrogens with one attached hydrogen (secondary N) is 2. The van der Waals surface area contributed by atoms with E-state index in [9.17, 15) is 9.59 Å². The number of halogens is 1. The second-order valence-electron chi connectivity index (χ2n) is 7.53. The molecule has 2 heterocycles. The summed E-state index contributed by atoms with van der Waals surface area (Å²) in [7, 11) is 1.89. The van der Waals surface area contributed by atoms with E-state index < -0.39 is 6.04 Å². The molecule has 2 aromatic carbocycles. The maximum absolute atomic E-state index is 12.8. The van der Waals surface area contributed by atoms with Gasteiger partial charge in [-0.2, -0.15) is 0 Å². The van der Waals surface area contributed by atoms with Gasteiger partial charge in [-0.25, -0.2) is 4.98 Å². The second kappa shape index (κ2) is 8.71. The zero-order chi connectivity index (χ0) is 21.1. The number of aromatic nitrogens is 2. The average molecular weight is 423 g/mol. The minimum atomic E-state index is -0.393. The number of nitrogens with zero attached hydrogens (tertiary/aromatic N) is 2. The van der Waals surface area contributed by atoms with E-state index in [1.54, 1.807) is 18.3 Å². The molecule has 154 valence electrons. The number of hydrogen-bond acceptors (Lipinski definition) is 3. The van der Waals surface area contributed by atoms with E-state index in [2.05, 4.69) is 15.6 Å². The van der Waals surface area contributed by atoms with Crippen molar-refractivity contribution < 1.29 is 9.59 Å². The van der Waals surface area contributed by atoms with Crippen molar-refractivity contribution in [2.24, 2.45) is 13.0 Å². The third kappa shape index (κ3) is 4.39. The summed E-state index contributed by atoms with van der Waals surface area (Å²) in [5, 5.41) is 6.64. The summed E-state index contributed by atoms with van der Waals surface area (Å²) in [6.07, 6.45) is 4.94. The molecule has 4 rings (SSSR count). The Labute approximate surface area is 180 Å². The Bertz CT molecular complexity index is 1060. The van der Waals surface area contributed by atoms with Gasteiger partial charge >= 0.3 is 0 Å². The van der Waals surface area contributed by atoms with Crippen molar-refractivity contribution >= 4 is 29.1 Å². The van der Waals surface area contributed by atoms with Gasteiger partial charge in [-0.3, -0.25) is 9.59 Å². The maximum Gasteiger partial charge on any atom is 0.227 e. The van der Waals surface area contributed by atoms with Crippen LogP contribution in [0, 0.1) is 5.92 Å². The molecule has 0 spiro atoms. The summed E-state index contributed by atoms with van der Waals surface area (Å²) in [4.78, 5) is 29.6. The minimum absolute atomic E-state index is 0.0279. The maximum atomic E-state index is 12.8. The molecule has 0 fully saturated rings. The summed E-state index contributed by atoms with van der Waals surface area (Å²) >= 11 is 6.02. The highest BCUT2D eigenvalue weighted by Gasteiger charge is 2.27. The molecule has 30 heavy (non-hydrogen) atoms. The van der Waals surface area contributed by atoms with E-state index in [-0.39, 0.29) is 24.2 Å². The van der Waals surface area contributed by atoms with Gasteiger partial charge < -0.3 is 15.2 Å². The Hall–Kier alpha value is -3.12. The smallest absolute Gasteiger partial charge is 0.227 e. The lowest BCUT2D eigenvalue weighted by Crippen LogP contribution is -2.34. The Morgan fingerprint density at radius 2 is 2.03 bits per heavy atom. The summed E-state index contributed by atoms with van der Waals surface area (Å²) < 4.78 is 1.88. The van der Waals surface area contributed by atoms with Gasteiger partial charge in [0.1, 0.15) is 11.9 Å². The summed E-state index contributed by atoms with van der Waals surface area (Å²) in [6.45, 7) is 0. The first kappa shape index (κ1) is 20.2. The Kier molecular flexibility index (Phi) is 5.86. The topological polar surface area (TPSA) is 76.0 Å². The van der Waals surface area contributed by atoms with Crippen LogP contribution in [0.1, 0.15) is 35.8 Å². The number of anilines is 1. The largest absolute Gasteiger partial charge is 0.342 e.